The Hall–Kier alpha value is -2.11. The number of hydrogen-bond donors (Lipinski definition) is 1. The topological polar surface area (TPSA) is 47.6 Å². The highest BCUT2D eigenvalue weighted by Gasteiger charge is 2.29. The number of carbonyl (C=O) groups excluding carboxylic acids is 1. The quantitative estimate of drug-likeness (QED) is 0.830. The predicted octanol–water partition coefficient (Wildman–Crippen LogP) is 3.54. The highest BCUT2D eigenvalue weighted by Crippen LogP contribution is 2.26. The zero-order chi connectivity index (χ0) is 17.6. The normalized spacial score (nSPS) is 13.2. The average Bonchev–Trinajstić information content (AvgIpc) is 2.59. The van der Waals surface area contributed by atoms with E-state index in [0.717, 1.165) is 0 Å². The van der Waals surface area contributed by atoms with Crippen molar-refractivity contribution in [2.45, 2.75) is 12.5 Å². The van der Waals surface area contributed by atoms with Crippen LogP contribution in [-0.4, -0.2) is 26.2 Å². The first-order chi connectivity index (χ1) is 11.4. The smallest absolute Gasteiger partial charge is 0.258 e. The van der Waals surface area contributed by atoms with Gasteiger partial charge in [-0.3, -0.25) is 4.79 Å². The van der Waals surface area contributed by atoms with Crippen molar-refractivity contribution in [3.8, 4) is 5.75 Å². The molecule has 0 aliphatic heterocycles. The Morgan fingerprint density at radius 1 is 1.21 bits per heavy atom. The van der Waals surface area contributed by atoms with Crippen molar-refractivity contribution in [2.24, 2.45) is 0 Å². The molecule has 0 aliphatic rings. The molecule has 0 fully saturated rings. The monoisotopic (exact) mass is 351 g/mol. The van der Waals surface area contributed by atoms with Crippen LogP contribution in [-0.2, 0) is 15.1 Å². The fourth-order valence-corrected chi connectivity index (χ4v) is 2.29. The second-order valence-corrected chi connectivity index (χ2v) is 5.87. The Balaban J connectivity index is 1.91. The van der Waals surface area contributed by atoms with E-state index < -0.39 is 5.60 Å². The lowest BCUT2D eigenvalue weighted by Crippen LogP contribution is -2.42. The Bertz CT molecular complexity index is 693. The molecule has 6 heteroatoms. The molecule has 0 aliphatic carbocycles. The summed E-state index contributed by atoms with van der Waals surface area (Å²) in [5, 5.41) is 3.29. The molecule has 1 unspecified atom stereocenters. The van der Waals surface area contributed by atoms with Crippen LogP contribution in [0, 0.1) is 5.82 Å². The number of halogens is 2. The van der Waals surface area contributed by atoms with Crippen molar-refractivity contribution < 1.29 is 18.7 Å². The lowest BCUT2D eigenvalue weighted by atomic mass is 9.95. The maximum absolute atomic E-state index is 14.0. The van der Waals surface area contributed by atoms with E-state index in [1.54, 1.807) is 49.4 Å². The van der Waals surface area contributed by atoms with Crippen molar-refractivity contribution in [1.82, 2.24) is 5.32 Å². The van der Waals surface area contributed by atoms with E-state index in [-0.39, 0.29) is 24.9 Å². The standard InChI is InChI=1S/C18H19ClFNO3/c1-18(23-2,15-5-3-4-6-16(15)20)12-21-17(22)11-24-14-9-7-13(19)8-10-14/h3-10H,11-12H2,1-2H3,(H,21,22). The molecule has 0 saturated carbocycles. The third-order valence-corrected chi connectivity index (χ3v) is 3.95. The fourth-order valence-electron chi connectivity index (χ4n) is 2.17. The summed E-state index contributed by atoms with van der Waals surface area (Å²) in [4.78, 5) is 12.0. The Morgan fingerprint density at radius 2 is 1.88 bits per heavy atom. The van der Waals surface area contributed by atoms with Crippen LogP contribution < -0.4 is 10.1 Å². The zero-order valence-corrected chi connectivity index (χ0v) is 14.3. The second-order valence-electron chi connectivity index (χ2n) is 5.43. The Labute approximate surface area is 145 Å². The van der Waals surface area contributed by atoms with E-state index in [0.29, 0.717) is 16.3 Å². The zero-order valence-electron chi connectivity index (χ0n) is 13.5. The van der Waals surface area contributed by atoms with Crippen LogP contribution >= 0.6 is 11.6 Å². The minimum Gasteiger partial charge on any atom is -0.484 e. The van der Waals surface area contributed by atoms with Gasteiger partial charge in [0, 0.05) is 17.7 Å². The molecule has 0 radical (unpaired) electrons. The van der Waals surface area contributed by atoms with E-state index >= 15 is 0 Å². The number of amides is 1. The summed E-state index contributed by atoms with van der Waals surface area (Å²) >= 11 is 5.78. The molecule has 2 aromatic rings. The van der Waals surface area contributed by atoms with Crippen LogP contribution in [0.5, 0.6) is 5.75 Å². The number of methoxy groups -OCH3 is 1. The molecule has 24 heavy (non-hydrogen) atoms. The predicted molar refractivity (Wildman–Crippen MR) is 90.7 cm³/mol. The molecule has 2 aromatic carbocycles. The third kappa shape index (κ3) is 4.69. The number of ether oxygens (including phenoxy) is 2. The van der Waals surface area contributed by atoms with E-state index in [1.165, 1.54) is 13.2 Å². The highest BCUT2D eigenvalue weighted by atomic mass is 35.5. The van der Waals surface area contributed by atoms with Gasteiger partial charge >= 0.3 is 0 Å². The van der Waals surface area contributed by atoms with Gasteiger partial charge in [-0.05, 0) is 37.3 Å². The summed E-state index contributed by atoms with van der Waals surface area (Å²) in [6.07, 6.45) is 0. The minimum absolute atomic E-state index is 0.118. The van der Waals surface area contributed by atoms with E-state index in [9.17, 15) is 9.18 Å². The molecule has 0 spiro atoms. The average molecular weight is 352 g/mol. The minimum atomic E-state index is -0.971. The van der Waals surface area contributed by atoms with Gasteiger partial charge in [-0.1, -0.05) is 29.8 Å². The molecule has 0 heterocycles. The van der Waals surface area contributed by atoms with Gasteiger partial charge in [0.15, 0.2) is 6.61 Å². The fraction of sp³-hybridized carbons (Fsp3) is 0.278. The molecule has 0 saturated heterocycles. The van der Waals surface area contributed by atoms with E-state index in [1.807, 2.05) is 0 Å². The van der Waals surface area contributed by atoms with Gasteiger partial charge in [0.25, 0.3) is 5.91 Å². The summed E-state index contributed by atoms with van der Waals surface area (Å²) in [5.41, 5.74) is -0.590. The van der Waals surface area contributed by atoms with Crippen LogP contribution in [0.1, 0.15) is 12.5 Å². The van der Waals surface area contributed by atoms with Gasteiger partial charge in [-0.25, -0.2) is 4.39 Å². The maximum Gasteiger partial charge on any atom is 0.258 e. The number of carbonyl (C=O) groups is 1. The summed E-state index contributed by atoms with van der Waals surface area (Å²) in [6.45, 7) is 1.68. The summed E-state index contributed by atoms with van der Waals surface area (Å²) in [7, 11) is 1.48. The molecule has 0 aromatic heterocycles. The summed E-state index contributed by atoms with van der Waals surface area (Å²) < 4.78 is 24.8. The van der Waals surface area contributed by atoms with E-state index in [2.05, 4.69) is 5.32 Å². The van der Waals surface area contributed by atoms with Crippen LogP contribution in [0.2, 0.25) is 5.02 Å². The van der Waals surface area contributed by atoms with Gasteiger partial charge in [0.1, 0.15) is 17.2 Å². The number of nitrogens with one attached hydrogen (secondary N) is 1. The van der Waals surface area contributed by atoms with E-state index in [4.69, 9.17) is 21.1 Å². The van der Waals surface area contributed by atoms with Crippen molar-refractivity contribution in [2.75, 3.05) is 20.3 Å². The van der Waals surface area contributed by atoms with Crippen molar-refractivity contribution >= 4 is 17.5 Å². The van der Waals surface area contributed by atoms with Gasteiger partial charge in [-0.2, -0.15) is 0 Å². The van der Waals surface area contributed by atoms with Crippen LogP contribution in [0.3, 0.4) is 0 Å². The maximum atomic E-state index is 14.0. The first-order valence-electron chi connectivity index (χ1n) is 7.40. The molecule has 2 rings (SSSR count). The van der Waals surface area contributed by atoms with Gasteiger partial charge in [-0.15, -0.1) is 0 Å². The highest BCUT2D eigenvalue weighted by molar-refractivity contribution is 6.30. The molecule has 1 atom stereocenters. The largest absolute Gasteiger partial charge is 0.484 e. The molecular formula is C18H19ClFNO3. The lowest BCUT2D eigenvalue weighted by molar-refractivity contribution is -0.124. The Kier molecular flexibility index (Phi) is 6.17. The lowest BCUT2D eigenvalue weighted by Gasteiger charge is -2.29. The Morgan fingerprint density at radius 3 is 2.50 bits per heavy atom. The summed E-state index contributed by atoms with van der Waals surface area (Å²) in [6, 6.07) is 13.0. The van der Waals surface area contributed by atoms with Crippen LogP contribution in [0.15, 0.2) is 48.5 Å². The molecule has 1 amide bonds. The first kappa shape index (κ1) is 18.2. The number of benzene rings is 2. The van der Waals surface area contributed by atoms with Crippen molar-refractivity contribution in [1.29, 1.82) is 0 Å². The first-order valence-corrected chi connectivity index (χ1v) is 7.77. The molecular weight excluding hydrogens is 333 g/mol. The molecule has 4 nitrogen and oxygen atoms in total. The molecule has 128 valence electrons. The van der Waals surface area contributed by atoms with Gasteiger partial charge in [0.05, 0.1) is 6.54 Å². The molecule has 0 bridgehead atoms. The second kappa shape index (κ2) is 8.13. The van der Waals surface area contributed by atoms with Gasteiger partial charge in [0.2, 0.25) is 0 Å². The van der Waals surface area contributed by atoms with Crippen LogP contribution in [0.25, 0.3) is 0 Å². The van der Waals surface area contributed by atoms with Crippen molar-refractivity contribution in [3.05, 3.63) is 64.9 Å². The van der Waals surface area contributed by atoms with Gasteiger partial charge < -0.3 is 14.8 Å². The number of hydrogen-bond acceptors (Lipinski definition) is 3. The van der Waals surface area contributed by atoms with Crippen LogP contribution in [0.4, 0.5) is 4.39 Å². The summed E-state index contributed by atoms with van der Waals surface area (Å²) in [5.74, 6) is -0.170. The number of rotatable bonds is 7. The SMILES string of the molecule is COC(C)(CNC(=O)COc1ccc(Cl)cc1)c1ccccc1F. The third-order valence-electron chi connectivity index (χ3n) is 3.70. The molecule has 1 N–H and O–H groups in total. The van der Waals surface area contributed by atoms with Crippen molar-refractivity contribution in [3.63, 3.8) is 0 Å².